The van der Waals surface area contributed by atoms with Crippen molar-refractivity contribution in [1.29, 1.82) is 0 Å². The second-order valence-electron chi connectivity index (χ2n) is 6.83. The summed E-state index contributed by atoms with van der Waals surface area (Å²) in [6.07, 6.45) is 5.49. The van der Waals surface area contributed by atoms with Crippen LogP contribution in [0.4, 0.5) is 0 Å². The molecule has 2 aliphatic heterocycles. The van der Waals surface area contributed by atoms with Crippen molar-refractivity contribution in [3.05, 3.63) is 22.4 Å². The van der Waals surface area contributed by atoms with Gasteiger partial charge in [0.25, 0.3) is 0 Å². The van der Waals surface area contributed by atoms with Gasteiger partial charge in [-0.25, -0.2) is 0 Å². The first-order valence-electron chi connectivity index (χ1n) is 8.23. The highest BCUT2D eigenvalue weighted by molar-refractivity contribution is 7.07. The van der Waals surface area contributed by atoms with Crippen LogP contribution in [0, 0.1) is 5.92 Å². The summed E-state index contributed by atoms with van der Waals surface area (Å²) in [5, 5.41) is 4.51. The number of fused-ring (bicyclic) bond motifs is 1. The SMILES string of the molecule is CC(C)C1CN2CCCCC2CN1CCc1ccsc1. The van der Waals surface area contributed by atoms with Crippen LogP contribution in [-0.4, -0.2) is 48.1 Å². The van der Waals surface area contributed by atoms with Crippen LogP contribution in [0.15, 0.2) is 16.8 Å². The highest BCUT2D eigenvalue weighted by Gasteiger charge is 2.35. The first-order valence-corrected chi connectivity index (χ1v) is 9.17. The normalized spacial score (nSPS) is 28.8. The summed E-state index contributed by atoms with van der Waals surface area (Å²) in [5.74, 6) is 0.764. The fraction of sp³-hybridized carbons (Fsp3) is 0.765. The highest BCUT2D eigenvalue weighted by Crippen LogP contribution is 2.27. The number of hydrogen-bond donors (Lipinski definition) is 0. The minimum atomic E-state index is 0.753. The fourth-order valence-corrected chi connectivity index (χ4v) is 4.57. The van der Waals surface area contributed by atoms with E-state index in [0.717, 1.165) is 18.0 Å². The minimum absolute atomic E-state index is 0.753. The molecule has 3 heterocycles. The standard InChI is InChI=1S/C17H28N2S/c1-14(2)17-12-18-8-4-3-5-16(18)11-19(17)9-6-15-7-10-20-13-15/h7,10,13-14,16-17H,3-6,8-9,11-12H2,1-2H3. The number of rotatable bonds is 4. The molecule has 1 aromatic rings. The molecule has 0 bridgehead atoms. The molecular weight excluding hydrogens is 264 g/mol. The Balaban J connectivity index is 1.63. The molecule has 0 amide bonds. The zero-order chi connectivity index (χ0) is 13.9. The molecular formula is C17H28N2S. The van der Waals surface area contributed by atoms with Gasteiger partial charge in [-0.3, -0.25) is 9.80 Å². The lowest BCUT2D eigenvalue weighted by Crippen LogP contribution is -2.61. The van der Waals surface area contributed by atoms with Crippen molar-refractivity contribution in [3.8, 4) is 0 Å². The van der Waals surface area contributed by atoms with Gasteiger partial charge < -0.3 is 0 Å². The molecule has 1 aromatic heterocycles. The van der Waals surface area contributed by atoms with Gasteiger partial charge in [-0.1, -0.05) is 20.3 Å². The molecule has 20 heavy (non-hydrogen) atoms. The first-order chi connectivity index (χ1) is 9.74. The summed E-state index contributed by atoms with van der Waals surface area (Å²) in [6.45, 7) is 9.97. The average molecular weight is 292 g/mol. The molecule has 0 aliphatic carbocycles. The van der Waals surface area contributed by atoms with E-state index in [2.05, 4.69) is 40.5 Å². The summed E-state index contributed by atoms with van der Waals surface area (Å²) in [5.41, 5.74) is 1.52. The van der Waals surface area contributed by atoms with Crippen LogP contribution in [0.5, 0.6) is 0 Å². The Kier molecular flexibility index (Phi) is 4.79. The summed E-state index contributed by atoms with van der Waals surface area (Å²) >= 11 is 1.82. The lowest BCUT2D eigenvalue weighted by Gasteiger charge is -2.50. The maximum atomic E-state index is 2.79. The second kappa shape index (κ2) is 6.59. The Morgan fingerprint density at radius 3 is 2.95 bits per heavy atom. The first kappa shape index (κ1) is 14.6. The smallest absolute Gasteiger partial charge is 0.0247 e. The Morgan fingerprint density at radius 2 is 2.20 bits per heavy atom. The van der Waals surface area contributed by atoms with E-state index < -0.39 is 0 Å². The molecule has 0 N–H and O–H groups in total. The van der Waals surface area contributed by atoms with Gasteiger partial charge in [-0.2, -0.15) is 11.3 Å². The Morgan fingerprint density at radius 1 is 1.30 bits per heavy atom. The van der Waals surface area contributed by atoms with Gasteiger partial charge in [-0.15, -0.1) is 0 Å². The molecule has 0 aromatic carbocycles. The number of hydrogen-bond acceptors (Lipinski definition) is 3. The van der Waals surface area contributed by atoms with Crippen LogP contribution in [0.3, 0.4) is 0 Å². The van der Waals surface area contributed by atoms with Gasteiger partial charge in [0.1, 0.15) is 0 Å². The van der Waals surface area contributed by atoms with Crippen molar-refractivity contribution >= 4 is 11.3 Å². The van der Waals surface area contributed by atoms with Crippen LogP contribution in [0.1, 0.15) is 38.7 Å². The van der Waals surface area contributed by atoms with Gasteiger partial charge >= 0.3 is 0 Å². The molecule has 2 aliphatic rings. The molecule has 2 fully saturated rings. The lowest BCUT2D eigenvalue weighted by atomic mass is 9.92. The molecule has 2 saturated heterocycles. The van der Waals surface area contributed by atoms with Gasteiger partial charge in [0.15, 0.2) is 0 Å². The quantitative estimate of drug-likeness (QED) is 0.838. The largest absolute Gasteiger partial charge is 0.298 e. The Labute approximate surface area is 127 Å². The number of thiophene rings is 1. The summed E-state index contributed by atoms with van der Waals surface area (Å²) in [4.78, 5) is 5.56. The van der Waals surface area contributed by atoms with Crippen LogP contribution in [0.25, 0.3) is 0 Å². The van der Waals surface area contributed by atoms with E-state index in [9.17, 15) is 0 Å². The molecule has 0 saturated carbocycles. The predicted molar refractivity (Wildman–Crippen MR) is 87.4 cm³/mol. The van der Waals surface area contributed by atoms with Crippen LogP contribution in [-0.2, 0) is 6.42 Å². The molecule has 0 spiro atoms. The maximum absolute atomic E-state index is 2.79. The zero-order valence-electron chi connectivity index (χ0n) is 12.9. The Bertz CT molecular complexity index is 401. The number of piperazine rings is 1. The third kappa shape index (κ3) is 3.26. The number of nitrogens with zero attached hydrogens (tertiary/aromatic N) is 2. The number of piperidine rings is 1. The van der Waals surface area contributed by atoms with E-state index in [1.165, 1.54) is 57.4 Å². The fourth-order valence-electron chi connectivity index (χ4n) is 3.87. The van der Waals surface area contributed by atoms with E-state index in [-0.39, 0.29) is 0 Å². The van der Waals surface area contributed by atoms with E-state index in [0.29, 0.717) is 0 Å². The molecule has 3 rings (SSSR count). The van der Waals surface area contributed by atoms with Crippen LogP contribution in [0.2, 0.25) is 0 Å². The molecule has 2 atom stereocenters. The average Bonchev–Trinajstić information content (AvgIpc) is 2.97. The van der Waals surface area contributed by atoms with Crippen molar-refractivity contribution in [1.82, 2.24) is 9.80 Å². The van der Waals surface area contributed by atoms with E-state index in [1.54, 1.807) is 0 Å². The van der Waals surface area contributed by atoms with Crippen LogP contribution >= 0.6 is 11.3 Å². The highest BCUT2D eigenvalue weighted by atomic mass is 32.1. The lowest BCUT2D eigenvalue weighted by molar-refractivity contribution is -0.00673. The van der Waals surface area contributed by atoms with E-state index >= 15 is 0 Å². The molecule has 0 radical (unpaired) electrons. The third-order valence-electron chi connectivity index (χ3n) is 5.12. The minimum Gasteiger partial charge on any atom is -0.298 e. The van der Waals surface area contributed by atoms with Crippen molar-refractivity contribution in [2.24, 2.45) is 5.92 Å². The van der Waals surface area contributed by atoms with Gasteiger partial charge in [0.2, 0.25) is 0 Å². The molecule has 2 nitrogen and oxygen atoms in total. The zero-order valence-corrected chi connectivity index (χ0v) is 13.7. The van der Waals surface area contributed by atoms with E-state index in [1.807, 2.05) is 11.3 Å². The maximum Gasteiger partial charge on any atom is 0.0247 e. The second-order valence-corrected chi connectivity index (χ2v) is 7.61. The van der Waals surface area contributed by atoms with Gasteiger partial charge in [-0.05, 0) is 54.1 Å². The van der Waals surface area contributed by atoms with Gasteiger partial charge in [0.05, 0.1) is 0 Å². The van der Waals surface area contributed by atoms with Crippen LogP contribution < -0.4 is 0 Å². The third-order valence-corrected chi connectivity index (χ3v) is 5.85. The van der Waals surface area contributed by atoms with Crippen molar-refractivity contribution < 1.29 is 0 Å². The van der Waals surface area contributed by atoms with Gasteiger partial charge in [0, 0.05) is 31.7 Å². The van der Waals surface area contributed by atoms with Crippen molar-refractivity contribution in [2.45, 2.75) is 51.6 Å². The summed E-state index contributed by atoms with van der Waals surface area (Å²) < 4.78 is 0. The molecule has 112 valence electrons. The van der Waals surface area contributed by atoms with Crippen molar-refractivity contribution in [3.63, 3.8) is 0 Å². The summed E-state index contributed by atoms with van der Waals surface area (Å²) in [6, 6.07) is 3.87. The molecule has 2 unspecified atom stereocenters. The molecule has 3 heteroatoms. The predicted octanol–water partition coefficient (Wildman–Crippen LogP) is 3.49. The van der Waals surface area contributed by atoms with E-state index in [4.69, 9.17) is 0 Å². The topological polar surface area (TPSA) is 6.48 Å². The van der Waals surface area contributed by atoms with Crippen molar-refractivity contribution in [2.75, 3.05) is 26.2 Å². The monoisotopic (exact) mass is 292 g/mol. The Hall–Kier alpha value is -0.380. The summed E-state index contributed by atoms with van der Waals surface area (Å²) in [7, 11) is 0.